The van der Waals surface area contributed by atoms with Crippen molar-refractivity contribution in [2.75, 3.05) is 20.6 Å². The fourth-order valence-electron chi connectivity index (χ4n) is 1.60. The van der Waals surface area contributed by atoms with E-state index >= 15 is 0 Å². The van der Waals surface area contributed by atoms with Gasteiger partial charge in [0.15, 0.2) is 0 Å². The van der Waals surface area contributed by atoms with Gasteiger partial charge in [0, 0.05) is 0 Å². The molecule has 14 heavy (non-hydrogen) atoms. The highest BCUT2D eigenvalue weighted by Gasteiger charge is 2.08. The van der Waals surface area contributed by atoms with Gasteiger partial charge in [0.05, 0.1) is 11.7 Å². The molecular weight excluding hydrogens is 174 g/mol. The van der Waals surface area contributed by atoms with Crippen LogP contribution in [0.15, 0.2) is 22.0 Å². The Labute approximate surface area is 86.9 Å². The van der Waals surface area contributed by atoms with Gasteiger partial charge in [0.25, 0.3) is 0 Å². The van der Waals surface area contributed by atoms with Crippen LogP contribution >= 0.6 is 0 Å². The van der Waals surface area contributed by atoms with Crippen molar-refractivity contribution in [3.63, 3.8) is 0 Å². The minimum Gasteiger partial charge on any atom is -0.309 e. The molecule has 0 radical (unpaired) electrons. The third-order valence-electron chi connectivity index (χ3n) is 2.46. The van der Waals surface area contributed by atoms with Crippen LogP contribution in [0.3, 0.4) is 0 Å². The van der Waals surface area contributed by atoms with E-state index in [-0.39, 0.29) is 0 Å². The summed E-state index contributed by atoms with van der Waals surface area (Å²) in [5.41, 5.74) is 1.07. The molecule has 0 amide bonds. The van der Waals surface area contributed by atoms with Gasteiger partial charge < -0.3 is 4.90 Å². The fourth-order valence-corrected chi connectivity index (χ4v) is 1.60. The van der Waals surface area contributed by atoms with Gasteiger partial charge in [0.1, 0.15) is 0 Å². The van der Waals surface area contributed by atoms with E-state index in [2.05, 4.69) is 35.3 Å². The van der Waals surface area contributed by atoms with Crippen molar-refractivity contribution in [2.24, 2.45) is 10.2 Å². The molecule has 0 aromatic carbocycles. The number of rotatable bonds is 4. The SMILES string of the molecule is CC1=CCCC(CCCN(C)C)N=N1. The van der Waals surface area contributed by atoms with Crippen molar-refractivity contribution in [2.45, 2.75) is 38.6 Å². The van der Waals surface area contributed by atoms with Gasteiger partial charge in [-0.25, -0.2) is 0 Å². The molecule has 0 saturated heterocycles. The second-order valence-electron chi connectivity index (χ2n) is 4.24. The van der Waals surface area contributed by atoms with E-state index in [9.17, 15) is 0 Å². The Kier molecular flexibility index (Phi) is 4.80. The summed E-state index contributed by atoms with van der Waals surface area (Å²) >= 11 is 0. The number of hydrogen-bond donors (Lipinski definition) is 0. The van der Waals surface area contributed by atoms with E-state index in [4.69, 9.17) is 0 Å². The van der Waals surface area contributed by atoms with Gasteiger partial charge in [-0.05, 0) is 53.2 Å². The minimum absolute atomic E-state index is 0.448. The molecule has 1 unspecified atom stereocenters. The summed E-state index contributed by atoms with van der Waals surface area (Å²) < 4.78 is 0. The van der Waals surface area contributed by atoms with E-state index in [0.717, 1.165) is 25.1 Å². The zero-order valence-electron chi connectivity index (χ0n) is 9.53. The number of allylic oxidation sites excluding steroid dienone is 2. The topological polar surface area (TPSA) is 28.0 Å². The maximum absolute atomic E-state index is 4.34. The van der Waals surface area contributed by atoms with Crippen LogP contribution in [0, 0.1) is 0 Å². The second kappa shape index (κ2) is 5.91. The highest BCUT2D eigenvalue weighted by Crippen LogP contribution is 2.16. The van der Waals surface area contributed by atoms with Crippen molar-refractivity contribution in [3.8, 4) is 0 Å². The van der Waals surface area contributed by atoms with Crippen molar-refractivity contribution >= 4 is 0 Å². The second-order valence-corrected chi connectivity index (χ2v) is 4.24. The van der Waals surface area contributed by atoms with Gasteiger partial charge in [-0.15, -0.1) is 0 Å². The predicted octanol–water partition coefficient (Wildman–Crippen LogP) is 2.85. The molecule has 1 atom stereocenters. The lowest BCUT2D eigenvalue weighted by atomic mass is 10.1. The van der Waals surface area contributed by atoms with E-state index in [1.54, 1.807) is 0 Å². The van der Waals surface area contributed by atoms with Crippen LogP contribution in [-0.2, 0) is 0 Å². The molecule has 0 N–H and O–H groups in total. The van der Waals surface area contributed by atoms with Crippen LogP contribution in [0.5, 0.6) is 0 Å². The van der Waals surface area contributed by atoms with Gasteiger partial charge in [-0.1, -0.05) is 6.08 Å². The first-order valence-electron chi connectivity index (χ1n) is 5.41. The standard InChI is InChI=1S/C11H21N3/c1-10-6-4-7-11(13-12-10)8-5-9-14(2)3/h6,11H,4-5,7-9H2,1-3H3. The zero-order valence-corrected chi connectivity index (χ0v) is 9.53. The molecule has 1 aliphatic heterocycles. The quantitative estimate of drug-likeness (QED) is 0.678. The molecule has 1 rings (SSSR count). The first kappa shape index (κ1) is 11.4. The summed E-state index contributed by atoms with van der Waals surface area (Å²) in [5.74, 6) is 0. The van der Waals surface area contributed by atoms with Gasteiger partial charge >= 0.3 is 0 Å². The first-order chi connectivity index (χ1) is 6.68. The largest absolute Gasteiger partial charge is 0.309 e. The molecule has 1 heterocycles. The van der Waals surface area contributed by atoms with E-state index in [1.807, 2.05) is 6.92 Å². The monoisotopic (exact) mass is 195 g/mol. The maximum atomic E-state index is 4.34. The van der Waals surface area contributed by atoms with Crippen LogP contribution in [0.1, 0.15) is 32.6 Å². The molecule has 3 nitrogen and oxygen atoms in total. The molecule has 0 bridgehead atoms. The third-order valence-corrected chi connectivity index (χ3v) is 2.46. The Morgan fingerprint density at radius 1 is 1.50 bits per heavy atom. The number of hydrogen-bond acceptors (Lipinski definition) is 3. The van der Waals surface area contributed by atoms with Crippen LogP contribution in [0.25, 0.3) is 0 Å². The predicted molar refractivity (Wildman–Crippen MR) is 59.4 cm³/mol. The van der Waals surface area contributed by atoms with Crippen molar-refractivity contribution < 1.29 is 0 Å². The number of nitrogens with zero attached hydrogens (tertiary/aromatic N) is 3. The molecule has 1 aliphatic rings. The van der Waals surface area contributed by atoms with Crippen molar-refractivity contribution in [3.05, 3.63) is 11.8 Å². The molecular formula is C11H21N3. The third kappa shape index (κ3) is 4.51. The lowest BCUT2D eigenvalue weighted by molar-refractivity contribution is 0.380. The fraction of sp³-hybridized carbons (Fsp3) is 0.818. The average molecular weight is 195 g/mol. The van der Waals surface area contributed by atoms with Gasteiger partial charge in [-0.2, -0.15) is 10.2 Å². The Balaban J connectivity index is 2.23. The van der Waals surface area contributed by atoms with E-state index in [1.165, 1.54) is 12.8 Å². The van der Waals surface area contributed by atoms with Crippen LogP contribution < -0.4 is 0 Å². The summed E-state index contributed by atoms with van der Waals surface area (Å²) in [6, 6.07) is 0.448. The maximum Gasteiger partial charge on any atom is 0.0716 e. The Bertz CT molecular complexity index is 219. The lowest BCUT2D eigenvalue weighted by Gasteiger charge is -2.12. The molecule has 0 fully saturated rings. The van der Waals surface area contributed by atoms with E-state index < -0.39 is 0 Å². The molecule has 0 aromatic heterocycles. The normalized spacial score (nSPS) is 22.3. The lowest BCUT2D eigenvalue weighted by Crippen LogP contribution is -2.15. The molecule has 80 valence electrons. The summed E-state index contributed by atoms with van der Waals surface area (Å²) in [6.45, 7) is 3.17. The summed E-state index contributed by atoms with van der Waals surface area (Å²) in [6.07, 6.45) is 6.85. The van der Waals surface area contributed by atoms with Crippen molar-refractivity contribution in [1.82, 2.24) is 4.90 Å². The molecule has 3 heteroatoms. The smallest absolute Gasteiger partial charge is 0.0716 e. The summed E-state index contributed by atoms with van der Waals surface area (Å²) in [4.78, 5) is 2.22. The Hall–Kier alpha value is -0.700. The van der Waals surface area contributed by atoms with Gasteiger partial charge in [0.2, 0.25) is 0 Å². The highest BCUT2D eigenvalue weighted by molar-refractivity contribution is 4.97. The van der Waals surface area contributed by atoms with E-state index in [0.29, 0.717) is 6.04 Å². The summed E-state index contributed by atoms with van der Waals surface area (Å²) in [7, 11) is 4.22. The van der Waals surface area contributed by atoms with Crippen LogP contribution in [0.2, 0.25) is 0 Å². The Morgan fingerprint density at radius 2 is 2.29 bits per heavy atom. The summed E-state index contributed by atoms with van der Waals surface area (Å²) in [5, 5.41) is 8.51. The van der Waals surface area contributed by atoms with Crippen LogP contribution in [0.4, 0.5) is 0 Å². The zero-order chi connectivity index (χ0) is 10.4. The highest BCUT2D eigenvalue weighted by atomic mass is 15.1. The van der Waals surface area contributed by atoms with Gasteiger partial charge in [-0.3, -0.25) is 0 Å². The molecule has 0 spiro atoms. The number of azo groups is 1. The molecule has 0 saturated carbocycles. The Morgan fingerprint density at radius 3 is 3.00 bits per heavy atom. The first-order valence-corrected chi connectivity index (χ1v) is 5.41. The van der Waals surface area contributed by atoms with Crippen molar-refractivity contribution in [1.29, 1.82) is 0 Å². The molecule has 0 aromatic rings. The average Bonchev–Trinajstić information content (AvgIpc) is 2.30. The minimum atomic E-state index is 0.448. The van der Waals surface area contributed by atoms with Crippen LogP contribution in [-0.4, -0.2) is 31.6 Å². The molecule has 0 aliphatic carbocycles.